The first-order valence-electron chi connectivity index (χ1n) is 10.7. The Labute approximate surface area is 190 Å². The maximum Gasteiger partial charge on any atom is 0.271 e. The summed E-state index contributed by atoms with van der Waals surface area (Å²) in [5.74, 6) is 0.817. The molecule has 1 aliphatic heterocycles. The number of thiophene rings is 1. The van der Waals surface area contributed by atoms with Crippen molar-refractivity contribution < 1.29 is 4.79 Å². The van der Waals surface area contributed by atoms with E-state index < -0.39 is 0 Å². The number of carbonyl (C=O) groups is 1. The van der Waals surface area contributed by atoms with Crippen molar-refractivity contribution in [2.75, 3.05) is 24.2 Å². The number of thioether (sulfide) groups is 1. The SMILES string of the molecule is CCN(CC)C(Cn1cnc2c3c(sc2c1=O)SCC(=O)N3)c1ccc(C(C)C)cc1. The molecule has 0 spiro atoms. The summed E-state index contributed by atoms with van der Waals surface area (Å²) >= 11 is 2.90. The van der Waals surface area contributed by atoms with Crippen molar-refractivity contribution in [1.82, 2.24) is 14.5 Å². The Balaban J connectivity index is 1.72. The molecule has 0 saturated heterocycles. The van der Waals surface area contributed by atoms with Crippen LogP contribution in [0.4, 0.5) is 5.69 Å². The third kappa shape index (κ3) is 4.29. The highest BCUT2D eigenvalue weighted by molar-refractivity contribution is 8.02. The second-order valence-electron chi connectivity index (χ2n) is 8.04. The van der Waals surface area contributed by atoms with Gasteiger partial charge in [0, 0.05) is 6.54 Å². The smallest absolute Gasteiger partial charge is 0.271 e. The first-order valence-corrected chi connectivity index (χ1v) is 12.5. The van der Waals surface area contributed by atoms with E-state index in [2.05, 4.69) is 67.2 Å². The van der Waals surface area contributed by atoms with Crippen LogP contribution in [0.1, 0.15) is 50.8 Å². The van der Waals surface area contributed by atoms with E-state index in [0.717, 1.165) is 17.3 Å². The van der Waals surface area contributed by atoms with Crippen molar-refractivity contribution >= 4 is 44.9 Å². The molecule has 0 radical (unpaired) electrons. The number of benzene rings is 1. The Morgan fingerprint density at radius 2 is 1.81 bits per heavy atom. The molecule has 1 aliphatic rings. The van der Waals surface area contributed by atoms with Crippen molar-refractivity contribution in [1.29, 1.82) is 0 Å². The molecule has 0 saturated carbocycles. The number of rotatable bonds is 7. The van der Waals surface area contributed by atoms with Crippen molar-refractivity contribution in [3.63, 3.8) is 0 Å². The summed E-state index contributed by atoms with van der Waals surface area (Å²) in [5.41, 5.74) is 3.76. The van der Waals surface area contributed by atoms with E-state index in [1.165, 1.54) is 34.2 Å². The maximum atomic E-state index is 13.3. The van der Waals surface area contributed by atoms with Gasteiger partial charge in [-0.3, -0.25) is 19.1 Å². The summed E-state index contributed by atoms with van der Waals surface area (Å²) in [6, 6.07) is 8.83. The zero-order chi connectivity index (χ0) is 22.1. The lowest BCUT2D eigenvalue weighted by Gasteiger charge is -2.30. The highest BCUT2D eigenvalue weighted by atomic mass is 32.2. The van der Waals surface area contributed by atoms with Crippen molar-refractivity contribution in [3.05, 3.63) is 52.1 Å². The van der Waals surface area contributed by atoms with Gasteiger partial charge in [0.15, 0.2) is 0 Å². The Hall–Kier alpha value is -2.16. The van der Waals surface area contributed by atoms with Crippen LogP contribution < -0.4 is 10.9 Å². The van der Waals surface area contributed by atoms with Gasteiger partial charge >= 0.3 is 0 Å². The molecule has 1 amide bonds. The molecule has 8 heteroatoms. The summed E-state index contributed by atoms with van der Waals surface area (Å²) < 4.78 is 3.29. The number of likely N-dealkylation sites (N-methyl/N-ethyl adjacent to an activating group) is 1. The Kier molecular flexibility index (Phi) is 6.50. The number of carbonyl (C=O) groups excluding carboxylic acids is 1. The summed E-state index contributed by atoms with van der Waals surface area (Å²) in [7, 11) is 0. The largest absolute Gasteiger partial charge is 0.322 e. The van der Waals surface area contributed by atoms with Gasteiger partial charge in [-0.1, -0.05) is 52.0 Å². The lowest BCUT2D eigenvalue weighted by atomic mass is 9.98. The zero-order valence-electron chi connectivity index (χ0n) is 18.3. The number of nitrogens with zero attached hydrogens (tertiary/aromatic N) is 3. The quantitative estimate of drug-likeness (QED) is 0.558. The highest BCUT2D eigenvalue weighted by Gasteiger charge is 2.25. The standard InChI is InChI=1S/C23H28N4O2S2/c1-5-26(6-2)17(16-9-7-15(8-10-16)14(3)4)11-27-13-24-19-20-23(30-12-18(28)25-20)31-21(19)22(27)29/h7-10,13-14,17H,5-6,11-12H2,1-4H3,(H,25,28). The van der Waals surface area contributed by atoms with Gasteiger partial charge in [-0.05, 0) is 30.1 Å². The van der Waals surface area contributed by atoms with Crippen molar-refractivity contribution in [2.24, 2.45) is 0 Å². The number of nitrogens with one attached hydrogen (secondary N) is 1. The monoisotopic (exact) mass is 456 g/mol. The molecule has 1 N–H and O–H groups in total. The van der Waals surface area contributed by atoms with E-state index >= 15 is 0 Å². The van der Waals surface area contributed by atoms with E-state index in [1.54, 1.807) is 10.9 Å². The third-order valence-electron chi connectivity index (χ3n) is 5.84. The van der Waals surface area contributed by atoms with Gasteiger partial charge in [-0.2, -0.15) is 0 Å². The number of anilines is 1. The second kappa shape index (κ2) is 9.14. The molecule has 1 aromatic carbocycles. The average Bonchev–Trinajstić information content (AvgIpc) is 3.14. The van der Waals surface area contributed by atoms with Crippen LogP contribution in [0.2, 0.25) is 0 Å². The molecule has 4 rings (SSSR count). The normalized spacial score (nSPS) is 14.8. The minimum Gasteiger partial charge on any atom is -0.322 e. The molecule has 0 bridgehead atoms. The van der Waals surface area contributed by atoms with E-state index in [0.29, 0.717) is 34.1 Å². The summed E-state index contributed by atoms with van der Waals surface area (Å²) in [6.07, 6.45) is 1.63. The molecule has 164 valence electrons. The minimum absolute atomic E-state index is 0.0461. The molecule has 1 atom stereocenters. The highest BCUT2D eigenvalue weighted by Crippen LogP contribution is 2.42. The Morgan fingerprint density at radius 1 is 1.13 bits per heavy atom. The van der Waals surface area contributed by atoms with Gasteiger partial charge in [-0.15, -0.1) is 23.1 Å². The van der Waals surface area contributed by atoms with Crippen LogP contribution in [0.25, 0.3) is 10.2 Å². The molecule has 0 fully saturated rings. The fourth-order valence-corrected chi connectivity index (χ4v) is 6.19. The van der Waals surface area contributed by atoms with Crippen molar-refractivity contribution in [3.8, 4) is 0 Å². The lowest BCUT2D eigenvalue weighted by molar-refractivity contribution is -0.113. The van der Waals surface area contributed by atoms with Crippen LogP contribution in [-0.4, -0.2) is 39.2 Å². The first kappa shape index (κ1) is 22.0. The number of fused-ring (bicyclic) bond motifs is 3. The molecular formula is C23H28N4O2S2. The van der Waals surface area contributed by atoms with Gasteiger partial charge in [0.25, 0.3) is 5.56 Å². The fraction of sp³-hybridized carbons (Fsp3) is 0.435. The second-order valence-corrected chi connectivity index (χ2v) is 10.3. The molecule has 2 aromatic heterocycles. The van der Waals surface area contributed by atoms with E-state index in [1.807, 2.05) is 0 Å². The van der Waals surface area contributed by atoms with Crippen LogP contribution in [0, 0.1) is 0 Å². The molecule has 1 unspecified atom stereocenters. The number of aromatic nitrogens is 2. The number of hydrogen-bond acceptors (Lipinski definition) is 6. The van der Waals surface area contributed by atoms with Crippen LogP contribution in [0.15, 0.2) is 39.6 Å². The zero-order valence-corrected chi connectivity index (χ0v) is 20.0. The maximum absolute atomic E-state index is 13.3. The van der Waals surface area contributed by atoms with Crippen LogP contribution in [0.3, 0.4) is 0 Å². The lowest BCUT2D eigenvalue weighted by Crippen LogP contribution is -2.34. The van der Waals surface area contributed by atoms with Gasteiger partial charge < -0.3 is 5.32 Å². The Morgan fingerprint density at radius 3 is 2.45 bits per heavy atom. The van der Waals surface area contributed by atoms with Gasteiger partial charge in [-0.25, -0.2) is 4.98 Å². The van der Waals surface area contributed by atoms with Gasteiger partial charge in [0.2, 0.25) is 5.91 Å². The predicted molar refractivity (Wildman–Crippen MR) is 129 cm³/mol. The molecule has 3 aromatic rings. The minimum atomic E-state index is -0.0466. The van der Waals surface area contributed by atoms with E-state index in [4.69, 9.17) is 0 Å². The summed E-state index contributed by atoms with van der Waals surface area (Å²) in [4.78, 5) is 32.1. The third-order valence-corrected chi connectivity index (χ3v) is 8.28. The molecular weight excluding hydrogens is 428 g/mol. The van der Waals surface area contributed by atoms with Gasteiger partial charge in [0.1, 0.15) is 10.2 Å². The summed E-state index contributed by atoms with van der Waals surface area (Å²) in [6.45, 7) is 11.0. The predicted octanol–water partition coefficient (Wildman–Crippen LogP) is 4.71. The van der Waals surface area contributed by atoms with Crippen LogP contribution in [-0.2, 0) is 11.3 Å². The van der Waals surface area contributed by atoms with E-state index in [9.17, 15) is 9.59 Å². The number of hydrogen-bond donors (Lipinski definition) is 1. The first-order chi connectivity index (χ1) is 14.9. The molecule has 6 nitrogen and oxygen atoms in total. The number of amides is 1. The topological polar surface area (TPSA) is 67.2 Å². The van der Waals surface area contributed by atoms with Crippen molar-refractivity contribution in [2.45, 2.75) is 50.4 Å². The average molecular weight is 457 g/mol. The van der Waals surface area contributed by atoms with Crippen LogP contribution in [0.5, 0.6) is 0 Å². The molecule has 0 aliphatic carbocycles. The summed E-state index contributed by atoms with van der Waals surface area (Å²) in [5, 5.41) is 2.88. The van der Waals surface area contributed by atoms with Crippen LogP contribution >= 0.6 is 23.1 Å². The Bertz CT molecular complexity index is 1150. The molecule has 3 heterocycles. The van der Waals surface area contributed by atoms with Gasteiger partial charge in [0.05, 0.1) is 28.0 Å². The molecule has 31 heavy (non-hydrogen) atoms. The fourth-order valence-electron chi connectivity index (χ4n) is 4.01. The van der Waals surface area contributed by atoms with E-state index in [-0.39, 0.29) is 17.5 Å².